The van der Waals surface area contributed by atoms with E-state index < -0.39 is 0 Å². The molecule has 0 bridgehead atoms. The maximum absolute atomic E-state index is 4.53. The second-order valence-corrected chi connectivity index (χ2v) is 7.94. The van der Waals surface area contributed by atoms with Crippen LogP contribution in [0.25, 0.3) is 15.9 Å². The zero-order valence-electron chi connectivity index (χ0n) is 14.4. The highest BCUT2D eigenvalue weighted by Gasteiger charge is 2.09. The predicted molar refractivity (Wildman–Crippen MR) is 114 cm³/mol. The lowest BCUT2D eigenvalue weighted by molar-refractivity contribution is 0.964. The molecular weight excluding hydrogens is 408 g/mol. The molecule has 26 heavy (non-hydrogen) atoms. The molecule has 0 saturated heterocycles. The summed E-state index contributed by atoms with van der Waals surface area (Å²) in [5.41, 5.74) is 8.58. The Morgan fingerprint density at radius 1 is 1.12 bits per heavy atom. The fourth-order valence-corrected chi connectivity index (χ4v) is 4.06. The van der Waals surface area contributed by atoms with Gasteiger partial charge in [-0.3, -0.25) is 5.43 Å². The Balaban J connectivity index is 1.57. The summed E-state index contributed by atoms with van der Waals surface area (Å²) in [4.78, 5) is 4.53. The van der Waals surface area contributed by atoms with E-state index in [9.17, 15) is 0 Å². The summed E-state index contributed by atoms with van der Waals surface area (Å²) in [6.45, 7) is 4.21. The molecule has 4 aromatic rings. The highest BCUT2D eigenvalue weighted by molar-refractivity contribution is 9.10. The van der Waals surface area contributed by atoms with Gasteiger partial charge >= 0.3 is 0 Å². The summed E-state index contributed by atoms with van der Waals surface area (Å²) in [5, 5.41) is 5.18. The summed E-state index contributed by atoms with van der Waals surface area (Å²) in [5.74, 6) is 0. The second kappa shape index (κ2) is 7.05. The number of hydrazone groups is 1. The van der Waals surface area contributed by atoms with Crippen molar-refractivity contribution in [3.05, 3.63) is 76.0 Å². The third-order valence-corrected chi connectivity index (χ3v) is 5.68. The van der Waals surface area contributed by atoms with Gasteiger partial charge < -0.3 is 4.57 Å². The highest BCUT2D eigenvalue weighted by Crippen LogP contribution is 2.25. The monoisotopic (exact) mass is 424 g/mol. The molecule has 2 aromatic carbocycles. The SMILES string of the molecule is Cc1cc(C=NNc2nc3ccccc3s2)c(C)n1-c1ccc(Br)cc1. The number of hydrogen-bond acceptors (Lipinski definition) is 4. The minimum atomic E-state index is 0.796. The van der Waals surface area contributed by atoms with Crippen molar-refractivity contribution in [1.82, 2.24) is 9.55 Å². The van der Waals surface area contributed by atoms with Crippen LogP contribution < -0.4 is 5.43 Å². The molecule has 0 saturated carbocycles. The Hall–Kier alpha value is -2.44. The molecule has 0 radical (unpaired) electrons. The number of aromatic nitrogens is 2. The van der Waals surface area contributed by atoms with E-state index in [4.69, 9.17) is 0 Å². The zero-order valence-corrected chi connectivity index (χ0v) is 16.8. The molecule has 0 atom stereocenters. The van der Waals surface area contributed by atoms with Crippen molar-refractivity contribution in [3.8, 4) is 5.69 Å². The number of hydrogen-bond donors (Lipinski definition) is 1. The molecule has 130 valence electrons. The van der Waals surface area contributed by atoms with Gasteiger partial charge in [0.25, 0.3) is 0 Å². The largest absolute Gasteiger partial charge is 0.318 e. The van der Waals surface area contributed by atoms with Crippen LogP contribution in [-0.2, 0) is 0 Å². The smallest absolute Gasteiger partial charge is 0.204 e. The van der Waals surface area contributed by atoms with Gasteiger partial charge in [-0.2, -0.15) is 5.10 Å². The van der Waals surface area contributed by atoms with E-state index in [1.165, 1.54) is 5.69 Å². The number of anilines is 1. The average Bonchev–Trinajstić information content (AvgIpc) is 3.17. The summed E-state index contributed by atoms with van der Waals surface area (Å²) >= 11 is 5.08. The van der Waals surface area contributed by atoms with Gasteiger partial charge in [0, 0.05) is 27.1 Å². The van der Waals surface area contributed by atoms with Gasteiger partial charge in [-0.15, -0.1) is 0 Å². The number of nitrogens with zero attached hydrogens (tertiary/aromatic N) is 3. The molecule has 0 unspecified atom stereocenters. The normalized spacial score (nSPS) is 11.5. The van der Waals surface area contributed by atoms with Crippen molar-refractivity contribution in [3.63, 3.8) is 0 Å². The standard InChI is InChI=1S/C20H17BrN4S/c1-13-11-15(14(2)25(13)17-9-7-16(21)8-10-17)12-22-24-20-23-18-5-3-4-6-19(18)26-20/h3-12H,1-2H3,(H,23,24). The molecule has 4 nitrogen and oxygen atoms in total. The van der Waals surface area contributed by atoms with Crippen LogP contribution in [0.15, 0.2) is 64.2 Å². The molecule has 2 aromatic heterocycles. The Bertz CT molecular complexity index is 1060. The number of fused-ring (bicyclic) bond motifs is 1. The van der Waals surface area contributed by atoms with E-state index in [0.717, 1.165) is 36.8 Å². The fourth-order valence-electron chi connectivity index (χ4n) is 2.98. The Labute approximate surface area is 164 Å². The third kappa shape index (κ3) is 3.30. The first-order chi connectivity index (χ1) is 12.6. The average molecular weight is 425 g/mol. The third-order valence-electron chi connectivity index (χ3n) is 4.21. The first kappa shape index (κ1) is 17.0. The van der Waals surface area contributed by atoms with Crippen LogP contribution >= 0.6 is 27.3 Å². The van der Waals surface area contributed by atoms with Crippen molar-refractivity contribution in [2.75, 3.05) is 5.43 Å². The molecule has 0 aliphatic carbocycles. The van der Waals surface area contributed by atoms with Gasteiger partial charge in [0.2, 0.25) is 5.13 Å². The number of benzene rings is 2. The fraction of sp³-hybridized carbons (Fsp3) is 0.100. The predicted octanol–water partition coefficient (Wildman–Crippen LogP) is 5.91. The van der Waals surface area contributed by atoms with Crippen molar-refractivity contribution in [2.45, 2.75) is 13.8 Å². The lowest BCUT2D eigenvalue weighted by Crippen LogP contribution is -1.99. The summed E-state index contributed by atoms with van der Waals surface area (Å²) in [6, 6.07) is 18.5. The van der Waals surface area contributed by atoms with E-state index in [-0.39, 0.29) is 0 Å². The van der Waals surface area contributed by atoms with Crippen molar-refractivity contribution < 1.29 is 0 Å². The van der Waals surface area contributed by atoms with Crippen LogP contribution in [0.1, 0.15) is 17.0 Å². The van der Waals surface area contributed by atoms with Crippen LogP contribution in [-0.4, -0.2) is 15.8 Å². The summed E-state index contributed by atoms with van der Waals surface area (Å²) < 4.78 is 4.45. The van der Waals surface area contributed by atoms with Crippen molar-refractivity contribution in [2.24, 2.45) is 5.10 Å². The van der Waals surface area contributed by atoms with Crippen LogP contribution in [0.2, 0.25) is 0 Å². The number of nitrogens with one attached hydrogen (secondary N) is 1. The molecule has 0 aliphatic heterocycles. The summed E-state index contributed by atoms with van der Waals surface area (Å²) in [7, 11) is 0. The van der Waals surface area contributed by atoms with Gasteiger partial charge in [-0.1, -0.05) is 39.4 Å². The lowest BCUT2D eigenvalue weighted by atomic mass is 10.2. The molecule has 2 heterocycles. The van der Waals surface area contributed by atoms with Crippen LogP contribution in [0.4, 0.5) is 5.13 Å². The van der Waals surface area contributed by atoms with Crippen LogP contribution in [0, 0.1) is 13.8 Å². The maximum atomic E-state index is 4.53. The Morgan fingerprint density at radius 2 is 1.88 bits per heavy atom. The molecule has 0 spiro atoms. The number of rotatable bonds is 4. The number of aryl methyl sites for hydroxylation is 1. The highest BCUT2D eigenvalue weighted by atomic mass is 79.9. The van der Waals surface area contributed by atoms with E-state index in [1.807, 2.05) is 24.4 Å². The number of thiazole rings is 1. The van der Waals surface area contributed by atoms with E-state index >= 15 is 0 Å². The quantitative estimate of drug-likeness (QED) is 0.326. The van der Waals surface area contributed by atoms with Gasteiger partial charge in [-0.25, -0.2) is 4.98 Å². The lowest BCUT2D eigenvalue weighted by Gasteiger charge is -2.09. The first-order valence-electron chi connectivity index (χ1n) is 8.21. The van der Waals surface area contributed by atoms with Gasteiger partial charge in [0.15, 0.2) is 0 Å². The molecule has 6 heteroatoms. The Kier molecular flexibility index (Phi) is 4.61. The molecule has 4 rings (SSSR count). The minimum absolute atomic E-state index is 0.796. The molecule has 0 fully saturated rings. The van der Waals surface area contributed by atoms with E-state index in [0.29, 0.717) is 0 Å². The van der Waals surface area contributed by atoms with E-state index in [2.05, 4.69) is 86.3 Å². The van der Waals surface area contributed by atoms with Gasteiger partial charge in [-0.05, 0) is 56.3 Å². The molecule has 0 aliphatic rings. The molecular formula is C20H17BrN4S. The van der Waals surface area contributed by atoms with E-state index in [1.54, 1.807) is 11.3 Å². The van der Waals surface area contributed by atoms with Crippen LogP contribution in [0.3, 0.4) is 0 Å². The number of para-hydroxylation sites is 1. The maximum Gasteiger partial charge on any atom is 0.204 e. The summed E-state index contributed by atoms with van der Waals surface area (Å²) in [6.07, 6.45) is 1.85. The topological polar surface area (TPSA) is 42.2 Å². The number of halogens is 1. The van der Waals surface area contributed by atoms with Crippen molar-refractivity contribution in [1.29, 1.82) is 0 Å². The van der Waals surface area contributed by atoms with Gasteiger partial charge in [0.1, 0.15) is 0 Å². The molecule has 1 N–H and O–H groups in total. The van der Waals surface area contributed by atoms with Gasteiger partial charge in [0.05, 0.1) is 16.4 Å². The minimum Gasteiger partial charge on any atom is -0.318 e. The van der Waals surface area contributed by atoms with Crippen LogP contribution in [0.5, 0.6) is 0 Å². The second-order valence-electron chi connectivity index (χ2n) is 6.00. The van der Waals surface area contributed by atoms with Crippen molar-refractivity contribution >= 4 is 48.8 Å². The Morgan fingerprint density at radius 3 is 2.65 bits per heavy atom. The molecule has 0 amide bonds. The zero-order chi connectivity index (χ0) is 18.1. The first-order valence-corrected chi connectivity index (χ1v) is 9.82.